The molecule has 0 atom stereocenters. The van der Waals surface area contributed by atoms with Crippen molar-refractivity contribution in [2.45, 2.75) is 105 Å². The molecule has 2 nitrogen and oxygen atoms in total. The van der Waals surface area contributed by atoms with E-state index in [0.29, 0.717) is 29.6 Å². The van der Waals surface area contributed by atoms with Crippen molar-refractivity contribution in [1.29, 1.82) is 0 Å². The van der Waals surface area contributed by atoms with Crippen molar-refractivity contribution in [3.05, 3.63) is 58.7 Å². The Morgan fingerprint density at radius 3 is 1.18 bits per heavy atom. The Morgan fingerprint density at radius 2 is 0.912 bits per heavy atom. The minimum absolute atomic E-state index is 0.534. The van der Waals surface area contributed by atoms with Crippen LogP contribution < -0.4 is 7.77 Å². The van der Waals surface area contributed by atoms with Gasteiger partial charge in [-0.25, -0.2) is 0 Å². The van der Waals surface area contributed by atoms with Gasteiger partial charge in [0.1, 0.15) is 0 Å². The smallest absolute Gasteiger partial charge is 0.444 e. The molecule has 0 saturated carbocycles. The van der Waals surface area contributed by atoms with Crippen molar-refractivity contribution in [2.24, 2.45) is 5.92 Å². The van der Waals surface area contributed by atoms with E-state index >= 15 is 0 Å². The molecule has 1 saturated heterocycles. The van der Waals surface area contributed by atoms with Gasteiger partial charge in [-0.2, -0.15) is 0 Å². The Balaban J connectivity index is 2.24. The Morgan fingerprint density at radius 1 is 0.588 bits per heavy atom. The van der Waals surface area contributed by atoms with E-state index in [9.17, 15) is 0 Å². The van der Waals surface area contributed by atoms with Gasteiger partial charge in [-0.15, -0.1) is 0 Å². The van der Waals surface area contributed by atoms with Gasteiger partial charge in [0.25, 0.3) is 0 Å². The molecule has 0 N–H and O–H groups in total. The highest BCUT2D eigenvalue weighted by Crippen LogP contribution is 2.42. The number of rotatable bonds is 8. The highest BCUT2D eigenvalue weighted by Gasteiger charge is 2.42. The molecule has 1 fully saturated rings. The fraction of sp³-hybridized carbons (Fsp3) is 0.613. The van der Waals surface area contributed by atoms with Crippen molar-refractivity contribution in [2.75, 3.05) is 20.9 Å². The molecule has 0 radical (unpaired) electrons. The maximum atomic E-state index is 2.94. The molecule has 0 amide bonds. The first-order valence-electron chi connectivity index (χ1n) is 13.8. The maximum Gasteiger partial charge on any atom is 0.574 e. The predicted octanol–water partition coefficient (Wildman–Crippen LogP) is 9.04. The van der Waals surface area contributed by atoms with Crippen molar-refractivity contribution in [1.82, 2.24) is 0 Å². The summed E-state index contributed by atoms with van der Waals surface area (Å²) in [5.74, 6) is 2.83. The van der Waals surface area contributed by atoms with Crippen molar-refractivity contribution in [3.63, 3.8) is 0 Å². The Bertz CT molecular complexity index is 820. The summed E-state index contributed by atoms with van der Waals surface area (Å²) in [5.41, 5.74) is 9.29. The van der Waals surface area contributed by atoms with Crippen LogP contribution in [0.3, 0.4) is 0 Å². The highest BCUT2D eigenvalue weighted by atomic mass is 27.2. The predicted molar refractivity (Wildman–Crippen MR) is 154 cm³/mol. The summed E-state index contributed by atoms with van der Waals surface area (Å²) >= 11 is -1.48. The topological polar surface area (TPSA) is 6.48 Å². The van der Waals surface area contributed by atoms with E-state index in [4.69, 9.17) is 0 Å². The monoisotopic (exact) mass is 476 g/mol. The first-order chi connectivity index (χ1) is 16.0. The zero-order valence-electron chi connectivity index (χ0n) is 23.7. The van der Waals surface area contributed by atoms with Crippen molar-refractivity contribution < 1.29 is 0 Å². The molecule has 3 heteroatoms. The standard InChI is InChI=1S/C27H40N2.C4H9.Al/c1-18(2)22-12-9-13-23(19(3)4)26(22)28-16-11-17-29-27-24(20(5)6)14-10-15-25(27)21(7)8;1-4(2)3;/h9-10,12-15,18-21H,11,16-17H2,1-8H3;4H,1H2,2-3H3;/q-2;;+2. The number of nitrogens with zero attached hydrogens (tertiary/aromatic N) is 2. The van der Waals surface area contributed by atoms with Gasteiger partial charge in [0.15, 0.2) is 0 Å². The molecule has 0 spiro atoms. The summed E-state index contributed by atoms with van der Waals surface area (Å²) in [7, 11) is 0. The summed E-state index contributed by atoms with van der Waals surface area (Å²) in [4.78, 5) is 0. The van der Waals surface area contributed by atoms with Gasteiger partial charge in [-0.3, -0.25) is 0 Å². The second-order valence-corrected chi connectivity index (χ2v) is 14.7. The molecule has 1 aliphatic rings. The van der Waals surface area contributed by atoms with E-state index in [-0.39, 0.29) is 0 Å². The minimum atomic E-state index is -1.48. The van der Waals surface area contributed by atoms with E-state index < -0.39 is 14.6 Å². The van der Waals surface area contributed by atoms with Crippen molar-refractivity contribution in [3.8, 4) is 0 Å². The van der Waals surface area contributed by atoms with E-state index in [2.05, 4.69) is 113 Å². The molecule has 3 rings (SSSR count). The zero-order chi connectivity index (χ0) is 25.2. The van der Waals surface area contributed by atoms with Gasteiger partial charge in [-0.1, -0.05) is 117 Å². The van der Waals surface area contributed by atoms with Crippen LogP contribution in [0.2, 0.25) is 5.28 Å². The number of hydrogen-bond donors (Lipinski definition) is 0. The van der Waals surface area contributed by atoms with Crippen LogP contribution in [0.15, 0.2) is 36.4 Å². The second-order valence-electron chi connectivity index (χ2n) is 12.0. The lowest BCUT2D eigenvalue weighted by atomic mass is 9.92. The molecule has 34 heavy (non-hydrogen) atoms. The summed E-state index contributed by atoms with van der Waals surface area (Å²) in [6.07, 6.45) is 1.23. The van der Waals surface area contributed by atoms with Crippen LogP contribution in [-0.4, -0.2) is 27.7 Å². The molecular weight excluding hydrogens is 427 g/mol. The summed E-state index contributed by atoms with van der Waals surface area (Å²) in [6.45, 7) is 26.2. The SMILES string of the molecule is CC(C)[CH2][Al]1[N](c2c(C(C)C)cccc2C(C)C)CCC[N]1c1c(C(C)C)cccc1C(C)C. The second kappa shape index (κ2) is 11.5. The largest absolute Gasteiger partial charge is 0.574 e. The molecule has 2 aromatic carbocycles. The molecule has 0 bridgehead atoms. The summed E-state index contributed by atoms with van der Waals surface area (Å²) in [6, 6.07) is 14.2. The third kappa shape index (κ3) is 5.69. The lowest BCUT2D eigenvalue weighted by Gasteiger charge is -2.47. The quantitative estimate of drug-likeness (QED) is 0.351. The minimum Gasteiger partial charge on any atom is -0.444 e. The number of benzene rings is 2. The Kier molecular flexibility index (Phi) is 9.22. The van der Waals surface area contributed by atoms with Crippen LogP contribution in [0.5, 0.6) is 0 Å². The Labute approximate surface area is 215 Å². The van der Waals surface area contributed by atoms with Crippen LogP contribution in [0, 0.1) is 5.92 Å². The van der Waals surface area contributed by atoms with Gasteiger partial charge < -0.3 is 7.77 Å². The molecule has 0 aromatic heterocycles. The third-order valence-corrected chi connectivity index (χ3v) is 11.3. The molecule has 0 unspecified atom stereocenters. The van der Waals surface area contributed by atoms with E-state index in [1.165, 1.54) is 47.0 Å². The van der Waals surface area contributed by atoms with Crippen LogP contribution in [0.1, 0.15) is 122 Å². The summed E-state index contributed by atoms with van der Waals surface area (Å²) < 4.78 is 5.88. The fourth-order valence-corrected chi connectivity index (χ4v) is 9.60. The average molecular weight is 477 g/mol. The number of para-hydroxylation sites is 2. The normalized spacial score (nSPS) is 15.1. The van der Waals surface area contributed by atoms with Gasteiger partial charge >= 0.3 is 14.6 Å². The molecular formula is C31H49AlN2. The van der Waals surface area contributed by atoms with Crippen LogP contribution in [-0.2, 0) is 0 Å². The first-order valence-corrected chi connectivity index (χ1v) is 15.7. The van der Waals surface area contributed by atoms with Crippen LogP contribution in [0.4, 0.5) is 11.4 Å². The molecule has 1 aliphatic heterocycles. The molecule has 2 aromatic rings. The summed E-state index contributed by atoms with van der Waals surface area (Å²) in [5, 5.41) is 1.31. The van der Waals surface area contributed by atoms with Crippen LogP contribution >= 0.6 is 0 Å². The zero-order valence-corrected chi connectivity index (χ0v) is 24.8. The fourth-order valence-electron chi connectivity index (χ4n) is 5.76. The van der Waals surface area contributed by atoms with Crippen molar-refractivity contribution >= 4 is 26.0 Å². The molecule has 186 valence electrons. The average Bonchev–Trinajstić information content (AvgIpc) is 2.77. The van der Waals surface area contributed by atoms with E-state index in [1.807, 2.05) is 0 Å². The van der Waals surface area contributed by atoms with Crippen LogP contribution in [0.25, 0.3) is 0 Å². The third-order valence-electron chi connectivity index (χ3n) is 7.46. The highest BCUT2D eigenvalue weighted by molar-refractivity contribution is 6.68. The molecule has 1 heterocycles. The van der Waals surface area contributed by atoms with Gasteiger partial charge in [0, 0.05) is 11.4 Å². The first kappa shape index (κ1) is 27.2. The van der Waals surface area contributed by atoms with E-state index in [0.717, 1.165) is 0 Å². The van der Waals surface area contributed by atoms with Gasteiger partial charge in [0.2, 0.25) is 0 Å². The number of hydrogen-bond acceptors (Lipinski definition) is 2. The van der Waals surface area contributed by atoms with Gasteiger partial charge in [-0.05, 0) is 65.4 Å². The molecule has 0 aliphatic carbocycles. The van der Waals surface area contributed by atoms with E-state index in [1.54, 1.807) is 11.4 Å². The lowest BCUT2D eigenvalue weighted by molar-refractivity contribution is 0.685. The van der Waals surface area contributed by atoms with Gasteiger partial charge in [0.05, 0.1) is 0 Å². The Hall–Kier alpha value is -1.43. The number of anilines is 2. The lowest BCUT2D eigenvalue weighted by Crippen LogP contribution is -2.59. The maximum absolute atomic E-state index is 2.94.